The number of hydrazone groups is 1. The zero-order valence-corrected chi connectivity index (χ0v) is 14.1. The molecule has 1 N–H and O–H groups in total. The summed E-state index contributed by atoms with van der Waals surface area (Å²) >= 11 is 1.55. The summed E-state index contributed by atoms with van der Waals surface area (Å²) < 4.78 is 11.3. The van der Waals surface area contributed by atoms with Crippen molar-refractivity contribution >= 4 is 23.5 Å². The van der Waals surface area contributed by atoms with Gasteiger partial charge in [0.2, 0.25) is 0 Å². The van der Waals surface area contributed by atoms with Gasteiger partial charge in [0.25, 0.3) is 0 Å². The molecular formula is C19H16N2O3S. The van der Waals surface area contributed by atoms with E-state index in [-0.39, 0.29) is 0 Å². The highest BCUT2D eigenvalue weighted by molar-refractivity contribution is 7.08. The first-order valence-corrected chi connectivity index (χ1v) is 8.54. The van der Waals surface area contributed by atoms with E-state index < -0.39 is 12.2 Å². The molecule has 1 amide bonds. The van der Waals surface area contributed by atoms with E-state index in [1.165, 1.54) is 0 Å². The third-order valence-corrected chi connectivity index (χ3v) is 3.82. The van der Waals surface area contributed by atoms with E-state index in [9.17, 15) is 4.79 Å². The normalized spacial score (nSPS) is 10.8. The van der Waals surface area contributed by atoms with Gasteiger partial charge in [-0.3, -0.25) is 4.79 Å². The van der Waals surface area contributed by atoms with Gasteiger partial charge in [0, 0.05) is 5.56 Å². The molecule has 0 bridgehead atoms. The molecule has 3 aromatic rings. The van der Waals surface area contributed by atoms with Crippen LogP contribution in [0.5, 0.6) is 11.5 Å². The SMILES string of the molecule is O=C(N/N=C/c1ccsc1)C(Oc1ccccc1)Oc1ccccc1. The van der Waals surface area contributed by atoms with Gasteiger partial charge in [0.05, 0.1) is 6.21 Å². The molecule has 0 aliphatic heterocycles. The topological polar surface area (TPSA) is 59.9 Å². The van der Waals surface area contributed by atoms with Crippen molar-refractivity contribution in [1.82, 2.24) is 5.43 Å². The van der Waals surface area contributed by atoms with Crippen molar-refractivity contribution in [2.45, 2.75) is 6.29 Å². The number of rotatable bonds is 7. The quantitative estimate of drug-likeness (QED) is 0.401. The van der Waals surface area contributed by atoms with Crippen molar-refractivity contribution in [1.29, 1.82) is 0 Å². The van der Waals surface area contributed by atoms with Crippen LogP contribution < -0.4 is 14.9 Å². The maximum Gasteiger partial charge on any atom is 0.323 e. The number of ether oxygens (including phenoxy) is 2. The number of benzene rings is 2. The average molecular weight is 352 g/mol. The first-order valence-electron chi connectivity index (χ1n) is 7.60. The summed E-state index contributed by atoms with van der Waals surface area (Å²) in [5.74, 6) is 0.556. The van der Waals surface area contributed by atoms with Crippen LogP contribution in [0.4, 0.5) is 0 Å². The second kappa shape index (κ2) is 8.65. The molecule has 2 aromatic carbocycles. The molecule has 0 saturated carbocycles. The number of hydrogen-bond acceptors (Lipinski definition) is 5. The van der Waals surface area contributed by atoms with Gasteiger partial charge in [-0.2, -0.15) is 16.4 Å². The Bertz CT molecular complexity index is 764. The zero-order chi connectivity index (χ0) is 17.3. The number of nitrogens with one attached hydrogen (secondary N) is 1. The minimum absolute atomic E-state index is 0.501. The van der Waals surface area contributed by atoms with Crippen LogP contribution in [0.1, 0.15) is 5.56 Å². The highest BCUT2D eigenvalue weighted by Crippen LogP contribution is 2.16. The van der Waals surface area contributed by atoms with Crippen LogP contribution in [0.2, 0.25) is 0 Å². The number of hydrogen-bond donors (Lipinski definition) is 1. The van der Waals surface area contributed by atoms with Crippen molar-refractivity contribution < 1.29 is 14.3 Å². The van der Waals surface area contributed by atoms with Crippen LogP contribution in [0.25, 0.3) is 0 Å². The van der Waals surface area contributed by atoms with E-state index in [1.54, 1.807) is 41.8 Å². The van der Waals surface area contributed by atoms with Gasteiger partial charge in [0.1, 0.15) is 11.5 Å². The molecule has 0 unspecified atom stereocenters. The maximum atomic E-state index is 12.4. The Hall–Kier alpha value is -3.12. The van der Waals surface area contributed by atoms with Crippen LogP contribution in [-0.4, -0.2) is 18.4 Å². The lowest BCUT2D eigenvalue weighted by Crippen LogP contribution is -2.40. The number of thiophene rings is 1. The fourth-order valence-electron chi connectivity index (χ4n) is 1.95. The van der Waals surface area contributed by atoms with Crippen LogP contribution in [0, 0.1) is 0 Å². The van der Waals surface area contributed by atoms with Gasteiger partial charge in [0.15, 0.2) is 0 Å². The van der Waals surface area contributed by atoms with Crippen molar-refractivity contribution in [2.24, 2.45) is 5.10 Å². The Morgan fingerprint density at radius 1 is 0.960 bits per heavy atom. The molecule has 5 nitrogen and oxygen atoms in total. The van der Waals surface area contributed by atoms with Crippen LogP contribution in [0.15, 0.2) is 82.6 Å². The van der Waals surface area contributed by atoms with Crippen molar-refractivity contribution in [2.75, 3.05) is 0 Å². The monoisotopic (exact) mass is 352 g/mol. The lowest BCUT2D eigenvalue weighted by Gasteiger charge is -2.18. The molecule has 0 spiro atoms. The molecule has 0 aliphatic rings. The second-order valence-corrected chi connectivity index (χ2v) is 5.76. The molecule has 1 aromatic heterocycles. The minimum Gasteiger partial charge on any atom is -0.446 e. The van der Waals surface area contributed by atoms with Crippen LogP contribution in [-0.2, 0) is 4.79 Å². The van der Waals surface area contributed by atoms with Gasteiger partial charge >= 0.3 is 12.2 Å². The standard InChI is InChI=1S/C19H16N2O3S/c22-18(21-20-13-15-11-12-25-14-15)19(23-16-7-3-1-4-8-16)24-17-9-5-2-6-10-17/h1-14,19H,(H,21,22)/b20-13+. The van der Waals surface area contributed by atoms with E-state index in [2.05, 4.69) is 10.5 Å². The Morgan fingerprint density at radius 2 is 1.56 bits per heavy atom. The smallest absolute Gasteiger partial charge is 0.323 e. The Labute approximate surface area is 149 Å². The van der Waals surface area contributed by atoms with Gasteiger partial charge < -0.3 is 9.47 Å². The lowest BCUT2D eigenvalue weighted by atomic mass is 10.3. The number of nitrogens with zero attached hydrogens (tertiary/aromatic N) is 1. The van der Waals surface area contributed by atoms with Gasteiger partial charge in [-0.15, -0.1) is 0 Å². The van der Waals surface area contributed by atoms with Gasteiger partial charge in [-0.05, 0) is 41.1 Å². The molecule has 0 fully saturated rings. The molecule has 0 aliphatic carbocycles. The van der Waals surface area contributed by atoms with Gasteiger partial charge in [-0.25, -0.2) is 5.43 Å². The number of amides is 1. The summed E-state index contributed by atoms with van der Waals surface area (Å²) in [6.07, 6.45) is 0.403. The molecule has 25 heavy (non-hydrogen) atoms. The summed E-state index contributed by atoms with van der Waals surface area (Å²) in [6, 6.07) is 19.9. The van der Waals surface area contributed by atoms with Crippen molar-refractivity contribution in [3.8, 4) is 11.5 Å². The van der Waals surface area contributed by atoms with E-state index in [0.29, 0.717) is 11.5 Å². The third-order valence-electron chi connectivity index (χ3n) is 3.12. The third kappa shape index (κ3) is 5.19. The van der Waals surface area contributed by atoms with E-state index in [4.69, 9.17) is 9.47 Å². The molecule has 0 atom stereocenters. The minimum atomic E-state index is -1.16. The molecule has 1 heterocycles. The summed E-state index contributed by atoms with van der Waals surface area (Å²) in [6.45, 7) is 0. The summed E-state index contributed by atoms with van der Waals surface area (Å²) in [5.41, 5.74) is 3.36. The Morgan fingerprint density at radius 3 is 2.08 bits per heavy atom. The first-order chi connectivity index (χ1) is 12.3. The molecule has 3 rings (SSSR count). The Kier molecular flexibility index (Phi) is 5.79. The number of para-hydroxylation sites is 2. The van der Waals surface area contributed by atoms with E-state index in [0.717, 1.165) is 5.56 Å². The highest BCUT2D eigenvalue weighted by Gasteiger charge is 2.22. The van der Waals surface area contributed by atoms with Crippen LogP contribution >= 0.6 is 11.3 Å². The molecule has 6 heteroatoms. The van der Waals surface area contributed by atoms with E-state index in [1.807, 2.05) is 53.2 Å². The largest absolute Gasteiger partial charge is 0.446 e. The second-order valence-electron chi connectivity index (χ2n) is 4.98. The fourth-order valence-corrected chi connectivity index (χ4v) is 2.56. The van der Waals surface area contributed by atoms with E-state index >= 15 is 0 Å². The maximum absolute atomic E-state index is 12.4. The molecule has 126 valence electrons. The highest BCUT2D eigenvalue weighted by atomic mass is 32.1. The fraction of sp³-hybridized carbons (Fsp3) is 0.0526. The number of carbonyl (C=O) groups is 1. The molecular weight excluding hydrogens is 336 g/mol. The van der Waals surface area contributed by atoms with Gasteiger partial charge in [-0.1, -0.05) is 36.4 Å². The summed E-state index contributed by atoms with van der Waals surface area (Å²) in [5, 5.41) is 7.80. The Balaban J connectivity index is 1.69. The average Bonchev–Trinajstić information content (AvgIpc) is 3.16. The van der Waals surface area contributed by atoms with Crippen molar-refractivity contribution in [3.63, 3.8) is 0 Å². The number of carbonyl (C=O) groups excluding carboxylic acids is 1. The zero-order valence-electron chi connectivity index (χ0n) is 13.2. The summed E-state index contributed by atoms with van der Waals surface area (Å²) in [4.78, 5) is 12.4. The predicted octanol–water partition coefficient (Wildman–Crippen LogP) is 3.68. The molecule has 0 radical (unpaired) electrons. The van der Waals surface area contributed by atoms with Crippen LogP contribution in [0.3, 0.4) is 0 Å². The lowest BCUT2D eigenvalue weighted by molar-refractivity contribution is -0.140. The van der Waals surface area contributed by atoms with Crippen molar-refractivity contribution in [3.05, 3.63) is 83.1 Å². The predicted molar refractivity (Wildman–Crippen MR) is 98.0 cm³/mol. The molecule has 0 saturated heterocycles. The summed E-state index contributed by atoms with van der Waals surface area (Å²) in [7, 11) is 0. The first kappa shape index (κ1) is 16.7.